The Bertz CT molecular complexity index is 384. The van der Waals surface area contributed by atoms with Gasteiger partial charge in [-0.1, -0.05) is 25.4 Å². The highest BCUT2D eigenvalue weighted by molar-refractivity contribution is 6.31. The van der Waals surface area contributed by atoms with Crippen molar-refractivity contribution in [1.29, 1.82) is 0 Å². The number of hydrogen-bond donors (Lipinski definition) is 2. The summed E-state index contributed by atoms with van der Waals surface area (Å²) in [6.45, 7) is 5.32. The van der Waals surface area contributed by atoms with Crippen LogP contribution in [0.25, 0.3) is 0 Å². The lowest BCUT2D eigenvalue weighted by Crippen LogP contribution is -2.41. The Morgan fingerprint density at radius 3 is 2.63 bits per heavy atom. The molecule has 0 radical (unpaired) electrons. The number of nitrogens with zero attached hydrogens (tertiary/aromatic N) is 2. The molecule has 1 aromatic rings. The molecule has 1 aromatic heterocycles. The zero-order valence-corrected chi connectivity index (χ0v) is 12.6. The van der Waals surface area contributed by atoms with E-state index in [4.69, 9.17) is 26.9 Å². The fraction of sp³-hybridized carbons (Fsp3) is 0.750. The van der Waals surface area contributed by atoms with E-state index in [9.17, 15) is 0 Å². The van der Waals surface area contributed by atoms with Gasteiger partial charge < -0.3 is 9.47 Å². The molecule has 0 amide bonds. The zero-order chi connectivity index (χ0) is 14.4. The predicted octanol–water partition coefficient (Wildman–Crippen LogP) is 1.36. The zero-order valence-electron chi connectivity index (χ0n) is 11.9. The van der Waals surface area contributed by atoms with Crippen molar-refractivity contribution in [1.82, 2.24) is 15.2 Å². The van der Waals surface area contributed by atoms with Gasteiger partial charge >= 0.3 is 0 Å². The molecule has 2 atom stereocenters. The van der Waals surface area contributed by atoms with Gasteiger partial charge in [-0.05, 0) is 5.92 Å². The van der Waals surface area contributed by atoms with Crippen LogP contribution in [0.1, 0.15) is 25.6 Å². The average Bonchev–Trinajstić information content (AvgIpc) is 2.74. The Balaban J connectivity index is 3.05. The summed E-state index contributed by atoms with van der Waals surface area (Å²) in [4.78, 5) is 0. The molecule has 6 nitrogen and oxygen atoms in total. The molecule has 2 unspecified atom stereocenters. The van der Waals surface area contributed by atoms with Gasteiger partial charge in [-0.15, -0.1) is 0 Å². The quantitative estimate of drug-likeness (QED) is 0.558. The maximum Gasteiger partial charge on any atom is 0.0907 e. The molecule has 1 heterocycles. The summed E-state index contributed by atoms with van der Waals surface area (Å²) in [6, 6.07) is -0.225. The van der Waals surface area contributed by atoms with Crippen molar-refractivity contribution in [3.05, 3.63) is 16.9 Å². The monoisotopic (exact) mass is 290 g/mol. The summed E-state index contributed by atoms with van der Waals surface area (Å²) in [5, 5.41) is 4.82. The van der Waals surface area contributed by atoms with Crippen LogP contribution in [0.4, 0.5) is 0 Å². The van der Waals surface area contributed by atoms with Crippen LogP contribution in [0.5, 0.6) is 0 Å². The van der Waals surface area contributed by atoms with Gasteiger partial charge in [-0.25, -0.2) is 5.43 Å². The number of hydrogen-bond acceptors (Lipinski definition) is 5. The molecule has 110 valence electrons. The molecule has 7 heteroatoms. The van der Waals surface area contributed by atoms with Crippen LogP contribution in [0.3, 0.4) is 0 Å². The van der Waals surface area contributed by atoms with Gasteiger partial charge in [0.25, 0.3) is 0 Å². The lowest BCUT2D eigenvalue weighted by atomic mass is 9.97. The largest absolute Gasteiger partial charge is 0.383 e. The van der Waals surface area contributed by atoms with Gasteiger partial charge in [0.1, 0.15) is 0 Å². The van der Waals surface area contributed by atoms with Gasteiger partial charge in [0, 0.05) is 14.2 Å². The summed E-state index contributed by atoms with van der Waals surface area (Å²) >= 11 is 6.23. The molecule has 19 heavy (non-hydrogen) atoms. The highest BCUT2D eigenvalue weighted by Crippen LogP contribution is 2.29. The van der Waals surface area contributed by atoms with Crippen molar-refractivity contribution in [3.63, 3.8) is 0 Å². The number of nitrogens with one attached hydrogen (secondary N) is 1. The maximum atomic E-state index is 6.23. The second kappa shape index (κ2) is 7.81. The van der Waals surface area contributed by atoms with Crippen LogP contribution in [0.15, 0.2) is 6.20 Å². The number of ether oxygens (including phenoxy) is 2. The van der Waals surface area contributed by atoms with Gasteiger partial charge in [-0.2, -0.15) is 5.10 Å². The van der Waals surface area contributed by atoms with Crippen molar-refractivity contribution in [2.24, 2.45) is 11.8 Å². The predicted molar refractivity (Wildman–Crippen MR) is 74.8 cm³/mol. The molecule has 0 aliphatic heterocycles. The van der Waals surface area contributed by atoms with E-state index >= 15 is 0 Å². The molecule has 0 saturated carbocycles. The van der Waals surface area contributed by atoms with Gasteiger partial charge in [0.05, 0.1) is 42.2 Å². The fourth-order valence-electron chi connectivity index (χ4n) is 2.16. The number of nitrogens with two attached hydrogens (primary N) is 1. The molecule has 3 N–H and O–H groups in total. The van der Waals surface area contributed by atoms with E-state index in [2.05, 4.69) is 24.4 Å². The third-order valence-corrected chi connectivity index (χ3v) is 3.36. The smallest absolute Gasteiger partial charge is 0.0907 e. The van der Waals surface area contributed by atoms with Crippen molar-refractivity contribution in [3.8, 4) is 0 Å². The number of halogens is 1. The second-order valence-corrected chi connectivity index (χ2v) is 5.09. The highest BCUT2D eigenvalue weighted by Gasteiger charge is 2.29. The lowest BCUT2D eigenvalue weighted by Gasteiger charge is -2.29. The normalized spacial score (nSPS) is 14.9. The standard InChI is InChI=1S/C12H23ClN4O2/c1-8(2)12(19-4)10(16-14)11-9(13)7-15-17(11)5-6-18-3/h7-8,10,12,16H,5-6,14H2,1-4H3. The molecule has 0 aliphatic carbocycles. The Labute approximate surface area is 119 Å². The SMILES string of the molecule is COCCn1ncc(Cl)c1C(NN)C(OC)C(C)C. The van der Waals surface area contributed by atoms with E-state index in [0.717, 1.165) is 5.69 Å². The summed E-state index contributed by atoms with van der Waals surface area (Å²) < 4.78 is 12.4. The van der Waals surface area contributed by atoms with Crippen LogP contribution in [0, 0.1) is 5.92 Å². The van der Waals surface area contributed by atoms with E-state index in [-0.39, 0.29) is 18.1 Å². The number of hydrazine groups is 1. The van der Waals surface area contributed by atoms with Crippen LogP contribution < -0.4 is 11.3 Å². The summed E-state index contributed by atoms with van der Waals surface area (Å²) in [6.07, 6.45) is 1.52. The van der Waals surface area contributed by atoms with Gasteiger partial charge in [0.2, 0.25) is 0 Å². The van der Waals surface area contributed by atoms with Gasteiger partial charge in [-0.3, -0.25) is 10.5 Å². The molecular weight excluding hydrogens is 268 g/mol. The Kier molecular flexibility index (Phi) is 6.74. The molecule has 0 saturated heterocycles. The third kappa shape index (κ3) is 3.90. The first-order valence-corrected chi connectivity index (χ1v) is 6.63. The molecule has 1 rings (SSSR count). The van der Waals surface area contributed by atoms with Crippen molar-refractivity contribution in [2.45, 2.75) is 32.5 Å². The first kappa shape index (κ1) is 16.4. The minimum Gasteiger partial charge on any atom is -0.383 e. The molecule has 0 bridgehead atoms. The average molecular weight is 291 g/mol. The molecular formula is C12H23ClN4O2. The Morgan fingerprint density at radius 1 is 1.47 bits per heavy atom. The van der Waals surface area contributed by atoms with Crippen molar-refractivity contribution < 1.29 is 9.47 Å². The van der Waals surface area contributed by atoms with Crippen LogP contribution in [0.2, 0.25) is 5.02 Å². The fourth-order valence-corrected chi connectivity index (χ4v) is 2.42. The molecule has 0 fully saturated rings. The second-order valence-electron chi connectivity index (χ2n) is 4.68. The third-order valence-electron chi connectivity index (χ3n) is 3.07. The van der Waals surface area contributed by atoms with E-state index < -0.39 is 0 Å². The van der Waals surface area contributed by atoms with Gasteiger partial charge in [0.15, 0.2) is 0 Å². The van der Waals surface area contributed by atoms with Crippen LogP contribution in [-0.2, 0) is 16.0 Å². The topological polar surface area (TPSA) is 74.3 Å². The number of rotatable bonds is 8. The van der Waals surface area contributed by atoms with Crippen LogP contribution >= 0.6 is 11.6 Å². The Morgan fingerprint density at radius 2 is 2.16 bits per heavy atom. The van der Waals surface area contributed by atoms with E-state index in [1.54, 1.807) is 25.1 Å². The Hall–Kier alpha value is -0.660. The van der Waals surface area contributed by atoms with Crippen molar-refractivity contribution >= 4 is 11.6 Å². The van der Waals surface area contributed by atoms with E-state index in [1.165, 1.54) is 0 Å². The first-order valence-electron chi connectivity index (χ1n) is 6.25. The molecule has 0 spiro atoms. The summed E-state index contributed by atoms with van der Waals surface area (Å²) in [5.74, 6) is 5.97. The van der Waals surface area contributed by atoms with Crippen molar-refractivity contribution in [2.75, 3.05) is 20.8 Å². The summed E-state index contributed by atoms with van der Waals surface area (Å²) in [5.41, 5.74) is 3.60. The maximum absolute atomic E-state index is 6.23. The molecule has 0 aromatic carbocycles. The van der Waals surface area contributed by atoms with Crippen LogP contribution in [-0.4, -0.2) is 36.7 Å². The minimum atomic E-state index is -0.225. The summed E-state index contributed by atoms with van der Waals surface area (Å²) in [7, 11) is 3.31. The molecule has 0 aliphatic rings. The number of aromatic nitrogens is 2. The lowest BCUT2D eigenvalue weighted by molar-refractivity contribution is 0.0297. The van der Waals surface area contributed by atoms with E-state index in [0.29, 0.717) is 18.2 Å². The van der Waals surface area contributed by atoms with E-state index in [1.807, 2.05) is 0 Å². The highest BCUT2D eigenvalue weighted by atomic mass is 35.5. The minimum absolute atomic E-state index is 0.0968. The first-order chi connectivity index (χ1) is 9.06. The number of methoxy groups -OCH3 is 2.